The Bertz CT molecular complexity index is 421. The largest absolute Gasteiger partial charge is 0.359 e. The molecule has 0 radical (unpaired) electrons. The molecule has 0 fully saturated rings. The van der Waals surface area contributed by atoms with E-state index in [1.54, 1.807) is 6.08 Å². The predicted octanol–water partition coefficient (Wildman–Crippen LogP) is 3.17. The molecule has 1 aromatic heterocycles. The summed E-state index contributed by atoms with van der Waals surface area (Å²) in [6.45, 7) is 5.97. The van der Waals surface area contributed by atoms with Gasteiger partial charge in [0.05, 0.1) is 10.0 Å². The van der Waals surface area contributed by atoms with Crippen molar-refractivity contribution in [3.8, 4) is 0 Å². The van der Waals surface area contributed by atoms with Gasteiger partial charge >= 0.3 is 0 Å². The van der Waals surface area contributed by atoms with E-state index < -0.39 is 0 Å². The van der Waals surface area contributed by atoms with Crippen molar-refractivity contribution >= 4 is 46.4 Å². The monoisotopic (exact) mass is 275 g/mol. The molecule has 6 heteroatoms. The number of nitrogens with one attached hydrogen (secondary N) is 2. The van der Waals surface area contributed by atoms with E-state index in [1.807, 2.05) is 6.92 Å². The van der Waals surface area contributed by atoms with Gasteiger partial charge in [-0.15, -0.1) is 6.58 Å². The molecule has 86 valence electrons. The lowest BCUT2D eigenvalue weighted by Gasteiger charge is -2.11. The van der Waals surface area contributed by atoms with Crippen LogP contribution in [0.5, 0.6) is 0 Å². The second-order valence-electron chi connectivity index (χ2n) is 3.02. The van der Waals surface area contributed by atoms with Gasteiger partial charge < -0.3 is 10.6 Å². The highest BCUT2D eigenvalue weighted by atomic mass is 35.5. The van der Waals surface area contributed by atoms with E-state index in [1.165, 1.54) is 6.20 Å². The molecule has 0 aliphatic heterocycles. The van der Waals surface area contributed by atoms with Crippen LogP contribution >= 0.6 is 35.4 Å². The highest BCUT2D eigenvalue weighted by Crippen LogP contribution is 2.28. The van der Waals surface area contributed by atoms with Crippen LogP contribution in [-0.4, -0.2) is 16.6 Å². The number of thiocarbonyl (C=S) groups is 1. The van der Waals surface area contributed by atoms with Crippen LogP contribution in [-0.2, 0) is 0 Å². The van der Waals surface area contributed by atoms with Crippen molar-refractivity contribution in [1.29, 1.82) is 0 Å². The third kappa shape index (κ3) is 3.33. The van der Waals surface area contributed by atoms with Crippen molar-refractivity contribution in [2.75, 3.05) is 11.9 Å². The summed E-state index contributed by atoms with van der Waals surface area (Å²) in [4.78, 5) is 4.06. The lowest BCUT2D eigenvalue weighted by Crippen LogP contribution is -2.28. The summed E-state index contributed by atoms with van der Waals surface area (Å²) < 4.78 is 0. The zero-order valence-corrected chi connectivity index (χ0v) is 11.0. The number of halogens is 2. The molecule has 0 unspecified atom stereocenters. The summed E-state index contributed by atoms with van der Waals surface area (Å²) >= 11 is 17.0. The van der Waals surface area contributed by atoms with Crippen molar-refractivity contribution in [1.82, 2.24) is 10.3 Å². The van der Waals surface area contributed by atoms with Crippen LogP contribution < -0.4 is 10.6 Å². The van der Waals surface area contributed by atoms with Gasteiger partial charge in [0.1, 0.15) is 0 Å². The molecule has 16 heavy (non-hydrogen) atoms. The summed E-state index contributed by atoms with van der Waals surface area (Å²) in [6, 6.07) is 0. The van der Waals surface area contributed by atoms with E-state index in [0.29, 0.717) is 27.5 Å². The van der Waals surface area contributed by atoms with Crippen molar-refractivity contribution in [3.05, 3.63) is 34.5 Å². The van der Waals surface area contributed by atoms with E-state index in [9.17, 15) is 0 Å². The Morgan fingerprint density at radius 2 is 2.31 bits per heavy atom. The molecule has 0 saturated heterocycles. The Kier molecular flexibility index (Phi) is 4.99. The number of nitrogens with zero attached hydrogens (tertiary/aromatic N) is 1. The van der Waals surface area contributed by atoms with Gasteiger partial charge in [-0.3, -0.25) is 0 Å². The fourth-order valence-corrected chi connectivity index (χ4v) is 1.53. The second kappa shape index (κ2) is 6.03. The topological polar surface area (TPSA) is 37.0 Å². The average Bonchev–Trinajstić information content (AvgIpc) is 2.27. The minimum absolute atomic E-state index is 0.441. The number of aromatic nitrogens is 1. The molecule has 0 aliphatic carbocycles. The van der Waals surface area contributed by atoms with Crippen molar-refractivity contribution in [3.63, 3.8) is 0 Å². The number of hydrogen-bond donors (Lipinski definition) is 2. The zero-order valence-electron chi connectivity index (χ0n) is 8.68. The van der Waals surface area contributed by atoms with Crippen LogP contribution in [0, 0.1) is 6.92 Å². The molecule has 0 bridgehead atoms. The van der Waals surface area contributed by atoms with Crippen molar-refractivity contribution < 1.29 is 0 Å². The maximum Gasteiger partial charge on any atom is 0.172 e. The molecular formula is C10H11Cl2N3S. The summed E-state index contributed by atoms with van der Waals surface area (Å²) in [5, 5.41) is 7.23. The fraction of sp³-hybridized carbons (Fsp3) is 0.200. The van der Waals surface area contributed by atoms with Gasteiger partial charge in [-0.05, 0) is 24.7 Å². The fourth-order valence-electron chi connectivity index (χ4n) is 0.961. The van der Waals surface area contributed by atoms with Gasteiger partial charge in [-0.2, -0.15) is 0 Å². The van der Waals surface area contributed by atoms with Gasteiger partial charge in [-0.25, -0.2) is 4.98 Å². The predicted molar refractivity (Wildman–Crippen MR) is 73.4 cm³/mol. The number of anilines is 1. The highest BCUT2D eigenvalue weighted by molar-refractivity contribution is 7.80. The second-order valence-corrected chi connectivity index (χ2v) is 4.21. The standard InChI is InChI=1S/C10H11Cl2N3S/c1-3-4-13-10(16)15-9-8(12)6(2)7(11)5-14-9/h3,5H,1,4H2,2H3,(H2,13,14,15,16). The lowest BCUT2D eigenvalue weighted by atomic mass is 10.3. The molecule has 1 rings (SSSR count). The van der Waals surface area contributed by atoms with Crippen LogP contribution in [0.25, 0.3) is 0 Å². The van der Waals surface area contributed by atoms with Crippen LogP contribution in [0.2, 0.25) is 10.0 Å². The van der Waals surface area contributed by atoms with E-state index in [4.69, 9.17) is 35.4 Å². The first-order valence-corrected chi connectivity index (χ1v) is 5.69. The first-order valence-electron chi connectivity index (χ1n) is 4.52. The van der Waals surface area contributed by atoms with Gasteiger partial charge in [0, 0.05) is 12.7 Å². The zero-order chi connectivity index (χ0) is 12.1. The third-order valence-electron chi connectivity index (χ3n) is 1.84. The van der Waals surface area contributed by atoms with Gasteiger partial charge in [0.15, 0.2) is 10.9 Å². The van der Waals surface area contributed by atoms with Crippen LogP contribution in [0.1, 0.15) is 5.56 Å². The molecule has 0 atom stereocenters. The van der Waals surface area contributed by atoms with Gasteiger partial charge in [0.25, 0.3) is 0 Å². The minimum atomic E-state index is 0.441. The molecule has 0 saturated carbocycles. The molecule has 2 N–H and O–H groups in total. The first kappa shape index (κ1) is 13.2. The summed E-state index contributed by atoms with van der Waals surface area (Å²) in [5.74, 6) is 0.491. The SMILES string of the molecule is C=CCNC(=S)Nc1ncc(Cl)c(C)c1Cl. The van der Waals surface area contributed by atoms with E-state index in [2.05, 4.69) is 22.2 Å². The molecule has 0 spiro atoms. The van der Waals surface area contributed by atoms with E-state index >= 15 is 0 Å². The lowest BCUT2D eigenvalue weighted by molar-refractivity contribution is 1.06. The number of rotatable bonds is 3. The quantitative estimate of drug-likeness (QED) is 0.657. The Hall–Kier alpha value is -0.840. The van der Waals surface area contributed by atoms with Crippen molar-refractivity contribution in [2.24, 2.45) is 0 Å². The molecule has 0 amide bonds. The molecule has 1 aromatic rings. The minimum Gasteiger partial charge on any atom is -0.359 e. The number of pyridine rings is 1. The van der Waals surface area contributed by atoms with E-state index in [-0.39, 0.29) is 0 Å². The molecule has 3 nitrogen and oxygen atoms in total. The number of hydrogen-bond acceptors (Lipinski definition) is 2. The smallest absolute Gasteiger partial charge is 0.172 e. The Balaban J connectivity index is 2.78. The average molecular weight is 276 g/mol. The maximum absolute atomic E-state index is 6.06. The van der Waals surface area contributed by atoms with Crippen LogP contribution in [0.4, 0.5) is 5.82 Å². The summed E-state index contributed by atoms with van der Waals surface area (Å²) in [6.07, 6.45) is 3.23. The highest BCUT2D eigenvalue weighted by Gasteiger charge is 2.09. The molecular weight excluding hydrogens is 265 g/mol. The van der Waals surface area contributed by atoms with Gasteiger partial charge in [0.2, 0.25) is 0 Å². The third-order valence-corrected chi connectivity index (χ3v) is 2.93. The van der Waals surface area contributed by atoms with E-state index in [0.717, 1.165) is 5.56 Å². The maximum atomic E-state index is 6.06. The van der Waals surface area contributed by atoms with Crippen LogP contribution in [0.15, 0.2) is 18.9 Å². The van der Waals surface area contributed by atoms with Crippen LogP contribution in [0.3, 0.4) is 0 Å². The first-order chi connectivity index (χ1) is 7.56. The van der Waals surface area contributed by atoms with Crippen molar-refractivity contribution in [2.45, 2.75) is 6.92 Å². The summed E-state index contributed by atoms with van der Waals surface area (Å²) in [7, 11) is 0. The molecule has 1 heterocycles. The Labute approximate surface area is 110 Å². The normalized spacial score (nSPS) is 9.69. The Morgan fingerprint density at radius 3 is 2.94 bits per heavy atom. The van der Waals surface area contributed by atoms with Gasteiger partial charge in [-0.1, -0.05) is 29.3 Å². The summed E-state index contributed by atoms with van der Waals surface area (Å²) in [5.41, 5.74) is 0.771. The molecule has 0 aromatic carbocycles. The molecule has 0 aliphatic rings. The Morgan fingerprint density at radius 1 is 1.62 bits per heavy atom.